The number of rotatable bonds is 9. The van der Waals surface area contributed by atoms with Crippen LogP contribution in [0.25, 0.3) is 0 Å². The van der Waals surface area contributed by atoms with E-state index in [4.69, 9.17) is 11.6 Å². The molecule has 2 N–H and O–H groups in total. The summed E-state index contributed by atoms with van der Waals surface area (Å²) in [5, 5.41) is 22.0. The average molecular weight is 608 g/mol. The number of carbonyl (C=O) groups is 3. The van der Waals surface area contributed by atoms with Crippen molar-refractivity contribution in [1.82, 2.24) is 10.3 Å². The Labute approximate surface area is 251 Å². The average Bonchev–Trinajstić information content (AvgIpc) is 3.34. The third-order valence-corrected chi connectivity index (χ3v) is 7.98. The fraction of sp³-hybridized carbons (Fsp3) is 0.323. The van der Waals surface area contributed by atoms with E-state index in [1.54, 1.807) is 48.5 Å². The minimum absolute atomic E-state index is 0.153. The molecule has 1 saturated carbocycles. The third-order valence-electron chi connectivity index (χ3n) is 7.64. The molecule has 1 aromatic heterocycles. The van der Waals surface area contributed by atoms with E-state index < -0.39 is 48.7 Å². The van der Waals surface area contributed by atoms with Crippen molar-refractivity contribution >= 4 is 40.8 Å². The molecule has 5 rings (SSSR count). The molecule has 1 aliphatic heterocycles. The summed E-state index contributed by atoms with van der Waals surface area (Å²) in [5.74, 6) is -4.15. The number of pyridine rings is 1. The summed E-state index contributed by atoms with van der Waals surface area (Å²) < 4.78 is 27.3. The topological polar surface area (TPSA) is 127 Å². The van der Waals surface area contributed by atoms with Gasteiger partial charge in [0, 0.05) is 60.2 Å². The number of hydrogen-bond acceptors (Lipinski definition) is 6. The summed E-state index contributed by atoms with van der Waals surface area (Å²) in [6, 6.07) is 15.1. The Morgan fingerprint density at radius 2 is 1.95 bits per heavy atom. The summed E-state index contributed by atoms with van der Waals surface area (Å²) in [7, 11) is 0. The summed E-state index contributed by atoms with van der Waals surface area (Å²) in [5.41, 5.74) is 1.32. The van der Waals surface area contributed by atoms with Gasteiger partial charge in [0.1, 0.15) is 11.9 Å². The van der Waals surface area contributed by atoms with Crippen molar-refractivity contribution in [2.24, 2.45) is 0 Å². The summed E-state index contributed by atoms with van der Waals surface area (Å²) in [6.45, 7) is -0.332. The molecule has 9 nitrogen and oxygen atoms in total. The Bertz CT molecular complexity index is 1590. The van der Waals surface area contributed by atoms with Crippen LogP contribution in [0.2, 0.25) is 5.02 Å². The minimum atomic E-state index is -2.88. The van der Waals surface area contributed by atoms with Gasteiger partial charge in [-0.1, -0.05) is 41.9 Å². The maximum absolute atomic E-state index is 14.3. The zero-order chi connectivity index (χ0) is 30.7. The van der Waals surface area contributed by atoms with Crippen molar-refractivity contribution in [2.75, 3.05) is 9.80 Å². The SMILES string of the molecule is N#Cc1ccnc(N2C(=O)CC[C@H]2CC(=O)N(c2cccc(CO)c2)[C@H](C(=O)NC2CC(F)(F)C2)c2ccccc2Cl)c1. The first-order valence-electron chi connectivity index (χ1n) is 13.7. The molecule has 2 aliphatic rings. The molecular weight excluding hydrogens is 580 g/mol. The van der Waals surface area contributed by atoms with Crippen LogP contribution in [0.3, 0.4) is 0 Å². The summed E-state index contributed by atoms with van der Waals surface area (Å²) in [6.07, 6.45) is 0.635. The van der Waals surface area contributed by atoms with E-state index in [2.05, 4.69) is 10.3 Å². The molecule has 2 fully saturated rings. The highest BCUT2D eigenvalue weighted by molar-refractivity contribution is 6.31. The lowest BCUT2D eigenvalue weighted by Crippen LogP contribution is -2.54. The van der Waals surface area contributed by atoms with Gasteiger partial charge in [0.15, 0.2) is 0 Å². The fourth-order valence-electron chi connectivity index (χ4n) is 5.55. The maximum atomic E-state index is 14.3. The second-order valence-electron chi connectivity index (χ2n) is 10.7. The number of carbonyl (C=O) groups excluding carboxylic acids is 3. The molecule has 0 radical (unpaired) electrons. The molecule has 1 saturated heterocycles. The van der Waals surface area contributed by atoms with E-state index in [1.165, 1.54) is 28.1 Å². The highest BCUT2D eigenvalue weighted by Crippen LogP contribution is 2.39. The molecule has 0 spiro atoms. The number of aromatic nitrogens is 1. The van der Waals surface area contributed by atoms with Crippen LogP contribution in [0.15, 0.2) is 66.9 Å². The lowest BCUT2D eigenvalue weighted by Gasteiger charge is -2.38. The number of benzene rings is 2. The number of alkyl halides is 2. The first kappa shape index (κ1) is 30.1. The second-order valence-corrected chi connectivity index (χ2v) is 11.1. The van der Waals surface area contributed by atoms with Crippen LogP contribution < -0.4 is 15.1 Å². The standard InChI is InChI=1S/C31H28ClF2N5O4/c32-25-7-2-1-6-24(25)29(30(43)37-21-15-31(33,34)16-21)39(22-5-3-4-20(12-22)18-40)28(42)14-23-8-9-27(41)38(23)26-13-19(17-35)10-11-36-26/h1-7,10-13,21,23,29,40H,8-9,14-16,18H2,(H,37,43)/t23-,29-/m0/s1. The Kier molecular flexibility index (Phi) is 8.71. The molecule has 43 heavy (non-hydrogen) atoms. The fourth-order valence-corrected chi connectivity index (χ4v) is 5.79. The van der Waals surface area contributed by atoms with Crippen molar-refractivity contribution in [1.29, 1.82) is 5.26 Å². The van der Waals surface area contributed by atoms with Crippen LogP contribution in [0.1, 0.15) is 54.8 Å². The monoisotopic (exact) mass is 607 g/mol. The van der Waals surface area contributed by atoms with Crippen LogP contribution in [0, 0.1) is 11.3 Å². The van der Waals surface area contributed by atoms with E-state index in [1.807, 2.05) is 6.07 Å². The Morgan fingerprint density at radius 1 is 1.19 bits per heavy atom. The number of hydrogen-bond donors (Lipinski definition) is 2. The van der Waals surface area contributed by atoms with Gasteiger partial charge in [-0.05, 0) is 42.3 Å². The number of nitriles is 1. The number of amides is 3. The number of nitrogens with zero attached hydrogens (tertiary/aromatic N) is 4. The number of nitrogens with one attached hydrogen (secondary N) is 1. The minimum Gasteiger partial charge on any atom is -0.392 e. The number of anilines is 2. The van der Waals surface area contributed by atoms with Crippen LogP contribution in [-0.2, 0) is 21.0 Å². The van der Waals surface area contributed by atoms with Crippen molar-refractivity contribution in [2.45, 2.75) is 62.8 Å². The van der Waals surface area contributed by atoms with Gasteiger partial charge in [0.2, 0.25) is 17.7 Å². The zero-order valence-electron chi connectivity index (χ0n) is 22.9. The molecule has 12 heteroatoms. The third kappa shape index (κ3) is 6.50. The largest absolute Gasteiger partial charge is 0.392 e. The molecule has 0 bridgehead atoms. The lowest BCUT2D eigenvalue weighted by atomic mass is 9.87. The van der Waals surface area contributed by atoms with Gasteiger partial charge in [-0.2, -0.15) is 5.26 Å². The van der Waals surface area contributed by atoms with E-state index >= 15 is 0 Å². The molecule has 2 heterocycles. The van der Waals surface area contributed by atoms with Gasteiger partial charge in [0.05, 0.1) is 18.2 Å². The summed E-state index contributed by atoms with van der Waals surface area (Å²) in [4.78, 5) is 48.0. The van der Waals surface area contributed by atoms with Gasteiger partial charge in [-0.25, -0.2) is 13.8 Å². The van der Waals surface area contributed by atoms with Crippen LogP contribution in [-0.4, -0.2) is 45.8 Å². The predicted octanol–water partition coefficient (Wildman–Crippen LogP) is 4.67. The Hall–Kier alpha value is -4.40. The van der Waals surface area contributed by atoms with E-state index in [9.17, 15) is 33.5 Å². The Morgan fingerprint density at radius 3 is 2.65 bits per heavy atom. The summed E-state index contributed by atoms with van der Waals surface area (Å²) >= 11 is 6.54. The smallest absolute Gasteiger partial charge is 0.252 e. The van der Waals surface area contributed by atoms with E-state index in [0.29, 0.717) is 17.5 Å². The Balaban J connectivity index is 1.54. The van der Waals surface area contributed by atoms with E-state index in [0.717, 1.165) is 0 Å². The van der Waals surface area contributed by atoms with Crippen LogP contribution in [0.4, 0.5) is 20.3 Å². The van der Waals surface area contributed by atoms with Gasteiger partial charge < -0.3 is 10.4 Å². The van der Waals surface area contributed by atoms with Gasteiger partial charge in [-0.3, -0.25) is 24.2 Å². The first-order chi connectivity index (χ1) is 20.6. The predicted molar refractivity (Wildman–Crippen MR) is 154 cm³/mol. The number of aliphatic hydroxyl groups is 1. The highest BCUT2D eigenvalue weighted by atomic mass is 35.5. The van der Waals surface area contributed by atoms with E-state index in [-0.39, 0.29) is 47.4 Å². The van der Waals surface area contributed by atoms with Crippen LogP contribution in [0.5, 0.6) is 0 Å². The zero-order valence-corrected chi connectivity index (χ0v) is 23.7. The van der Waals surface area contributed by atoms with Gasteiger partial charge in [-0.15, -0.1) is 0 Å². The normalized spacial score (nSPS) is 18.4. The molecule has 3 amide bonds. The van der Waals surface area contributed by atoms with Gasteiger partial charge >= 0.3 is 0 Å². The quantitative estimate of drug-likeness (QED) is 0.364. The molecule has 2 atom stereocenters. The van der Waals surface area contributed by atoms with Gasteiger partial charge in [0.25, 0.3) is 5.92 Å². The van der Waals surface area contributed by atoms with Crippen molar-refractivity contribution in [3.63, 3.8) is 0 Å². The number of halogens is 3. The first-order valence-corrected chi connectivity index (χ1v) is 14.1. The maximum Gasteiger partial charge on any atom is 0.252 e. The molecular formula is C31H28ClF2N5O4. The molecule has 3 aromatic rings. The second kappa shape index (κ2) is 12.5. The van der Waals surface area contributed by atoms with Crippen LogP contribution >= 0.6 is 11.6 Å². The number of aliphatic hydroxyl groups excluding tert-OH is 1. The molecule has 2 aromatic carbocycles. The van der Waals surface area contributed by atoms with Crippen molar-refractivity contribution < 1.29 is 28.3 Å². The molecule has 1 aliphatic carbocycles. The molecule has 222 valence electrons. The lowest BCUT2D eigenvalue weighted by molar-refractivity contribution is -0.133. The highest BCUT2D eigenvalue weighted by Gasteiger charge is 2.47. The van der Waals surface area contributed by atoms with Crippen molar-refractivity contribution in [3.05, 3.63) is 88.6 Å². The molecule has 0 unspecified atom stereocenters. The van der Waals surface area contributed by atoms with Crippen molar-refractivity contribution in [3.8, 4) is 6.07 Å².